The Kier molecular flexibility index (Phi) is 6.87. The average molecular weight is 409 g/mol. The molecule has 148 valence electrons. The van der Waals surface area contributed by atoms with Crippen molar-refractivity contribution in [2.45, 2.75) is 13.3 Å². The van der Waals surface area contributed by atoms with Crippen molar-refractivity contribution in [3.8, 4) is 5.75 Å². The second kappa shape index (κ2) is 9.75. The summed E-state index contributed by atoms with van der Waals surface area (Å²) >= 11 is 5.97. The summed E-state index contributed by atoms with van der Waals surface area (Å²) < 4.78 is 5.48. The summed E-state index contributed by atoms with van der Waals surface area (Å²) in [7, 11) is 0. The number of nitrogens with one attached hydrogen (secondary N) is 2. The zero-order valence-electron chi connectivity index (χ0n) is 15.9. The van der Waals surface area contributed by atoms with Crippen molar-refractivity contribution in [2.75, 3.05) is 17.2 Å². The Morgan fingerprint density at radius 3 is 2.10 bits per heavy atom. The number of hydrogen-bond acceptors (Lipinski definition) is 3. The number of hydrogen-bond donors (Lipinski definition) is 2. The van der Waals surface area contributed by atoms with Crippen LogP contribution in [0.2, 0.25) is 5.02 Å². The standard InChI is InChI=1S/C23H21ClN2O3/c1-16-13-20(11-12-21(16)24)29-15-23(28)26-19-9-7-18(8-10-19)25-22(27)14-17-5-3-2-4-6-17/h2-13H,14-15H2,1H3,(H,25,27)(H,26,28). The summed E-state index contributed by atoms with van der Waals surface area (Å²) in [6, 6.07) is 21.7. The molecule has 0 radical (unpaired) electrons. The zero-order valence-corrected chi connectivity index (χ0v) is 16.7. The van der Waals surface area contributed by atoms with Crippen LogP contribution in [0.4, 0.5) is 11.4 Å². The van der Waals surface area contributed by atoms with Crippen LogP contribution in [-0.4, -0.2) is 18.4 Å². The highest BCUT2D eigenvalue weighted by Gasteiger charge is 2.07. The van der Waals surface area contributed by atoms with Gasteiger partial charge < -0.3 is 15.4 Å². The van der Waals surface area contributed by atoms with Crippen LogP contribution in [0.3, 0.4) is 0 Å². The van der Waals surface area contributed by atoms with Crippen molar-refractivity contribution in [3.05, 3.63) is 88.9 Å². The summed E-state index contributed by atoms with van der Waals surface area (Å²) in [5.74, 6) is 0.205. The molecule has 0 aliphatic carbocycles. The van der Waals surface area contributed by atoms with E-state index in [-0.39, 0.29) is 18.4 Å². The van der Waals surface area contributed by atoms with Gasteiger partial charge in [-0.05, 0) is 60.5 Å². The highest BCUT2D eigenvalue weighted by atomic mass is 35.5. The fraction of sp³-hybridized carbons (Fsp3) is 0.130. The quantitative estimate of drug-likeness (QED) is 0.587. The first-order valence-corrected chi connectivity index (χ1v) is 9.50. The van der Waals surface area contributed by atoms with E-state index < -0.39 is 0 Å². The first-order valence-electron chi connectivity index (χ1n) is 9.12. The second-order valence-electron chi connectivity index (χ2n) is 6.54. The first kappa shape index (κ1) is 20.4. The number of rotatable bonds is 7. The van der Waals surface area contributed by atoms with Gasteiger partial charge in [0.1, 0.15) is 5.75 Å². The molecule has 2 amide bonds. The third-order valence-electron chi connectivity index (χ3n) is 4.16. The summed E-state index contributed by atoms with van der Waals surface area (Å²) in [5, 5.41) is 6.25. The summed E-state index contributed by atoms with van der Waals surface area (Å²) in [5.41, 5.74) is 3.11. The van der Waals surface area contributed by atoms with Gasteiger partial charge in [0.25, 0.3) is 5.91 Å². The average Bonchev–Trinajstić information content (AvgIpc) is 2.71. The number of ether oxygens (including phenoxy) is 1. The normalized spacial score (nSPS) is 10.3. The molecule has 0 aliphatic heterocycles. The van der Waals surface area contributed by atoms with Crippen LogP contribution in [0.5, 0.6) is 5.75 Å². The topological polar surface area (TPSA) is 67.4 Å². The molecule has 3 rings (SSSR count). The highest BCUT2D eigenvalue weighted by Crippen LogP contribution is 2.21. The van der Waals surface area contributed by atoms with E-state index in [9.17, 15) is 9.59 Å². The Hall–Kier alpha value is -3.31. The van der Waals surface area contributed by atoms with E-state index in [1.54, 1.807) is 42.5 Å². The van der Waals surface area contributed by atoms with Crippen molar-refractivity contribution in [1.29, 1.82) is 0 Å². The van der Waals surface area contributed by atoms with Gasteiger partial charge in [0, 0.05) is 16.4 Å². The van der Waals surface area contributed by atoms with E-state index in [1.807, 2.05) is 37.3 Å². The molecule has 0 atom stereocenters. The first-order chi connectivity index (χ1) is 14.0. The van der Waals surface area contributed by atoms with Gasteiger partial charge in [-0.3, -0.25) is 9.59 Å². The number of halogens is 1. The summed E-state index contributed by atoms with van der Waals surface area (Å²) in [4.78, 5) is 24.2. The minimum atomic E-state index is -0.279. The van der Waals surface area contributed by atoms with Crippen LogP contribution >= 0.6 is 11.6 Å². The van der Waals surface area contributed by atoms with Crippen molar-refractivity contribution in [3.63, 3.8) is 0 Å². The largest absolute Gasteiger partial charge is 0.484 e. The lowest BCUT2D eigenvalue weighted by Crippen LogP contribution is -2.20. The Labute approximate surface area is 174 Å². The molecule has 3 aromatic carbocycles. The van der Waals surface area contributed by atoms with Gasteiger partial charge in [-0.25, -0.2) is 0 Å². The number of aryl methyl sites for hydroxylation is 1. The van der Waals surface area contributed by atoms with Crippen molar-refractivity contribution in [2.24, 2.45) is 0 Å². The van der Waals surface area contributed by atoms with E-state index >= 15 is 0 Å². The minimum Gasteiger partial charge on any atom is -0.484 e. The van der Waals surface area contributed by atoms with E-state index in [0.717, 1.165) is 11.1 Å². The third kappa shape index (κ3) is 6.36. The lowest BCUT2D eigenvalue weighted by Gasteiger charge is -2.10. The Balaban J connectivity index is 1.47. The van der Waals surface area contributed by atoms with Crippen LogP contribution in [0, 0.1) is 6.92 Å². The predicted octanol–water partition coefficient (Wildman–Crippen LogP) is 4.85. The molecule has 5 nitrogen and oxygen atoms in total. The smallest absolute Gasteiger partial charge is 0.262 e. The van der Waals surface area contributed by atoms with Gasteiger partial charge in [-0.2, -0.15) is 0 Å². The predicted molar refractivity (Wildman–Crippen MR) is 116 cm³/mol. The molecule has 0 spiro atoms. The molecule has 0 fully saturated rings. The summed E-state index contributed by atoms with van der Waals surface area (Å²) in [6.07, 6.45) is 0.306. The monoisotopic (exact) mass is 408 g/mol. The minimum absolute atomic E-state index is 0.0976. The second-order valence-corrected chi connectivity index (χ2v) is 6.94. The van der Waals surface area contributed by atoms with E-state index in [0.29, 0.717) is 28.6 Å². The maximum atomic E-state index is 12.1. The van der Waals surface area contributed by atoms with Crippen molar-refractivity contribution in [1.82, 2.24) is 0 Å². The number of anilines is 2. The SMILES string of the molecule is Cc1cc(OCC(=O)Nc2ccc(NC(=O)Cc3ccccc3)cc2)ccc1Cl. The lowest BCUT2D eigenvalue weighted by atomic mass is 10.1. The Morgan fingerprint density at radius 1 is 0.862 bits per heavy atom. The molecular formula is C23H21ClN2O3. The van der Waals surface area contributed by atoms with Gasteiger partial charge in [0.05, 0.1) is 6.42 Å². The third-order valence-corrected chi connectivity index (χ3v) is 4.58. The van der Waals surface area contributed by atoms with E-state index in [1.165, 1.54) is 0 Å². The van der Waals surface area contributed by atoms with E-state index in [4.69, 9.17) is 16.3 Å². The van der Waals surface area contributed by atoms with Gasteiger partial charge in [0.15, 0.2) is 6.61 Å². The van der Waals surface area contributed by atoms with Crippen LogP contribution in [0.15, 0.2) is 72.8 Å². The maximum absolute atomic E-state index is 12.1. The summed E-state index contributed by atoms with van der Waals surface area (Å²) in [6.45, 7) is 1.76. The van der Waals surface area contributed by atoms with Gasteiger partial charge in [-0.1, -0.05) is 41.9 Å². The molecule has 0 bridgehead atoms. The van der Waals surface area contributed by atoms with Gasteiger partial charge >= 0.3 is 0 Å². The van der Waals surface area contributed by atoms with Crippen molar-refractivity contribution >= 4 is 34.8 Å². The number of amides is 2. The molecule has 2 N–H and O–H groups in total. The molecule has 0 aliphatic rings. The van der Waals surface area contributed by atoms with Crippen LogP contribution in [0.25, 0.3) is 0 Å². The fourth-order valence-electron chi connectivity index (χ4n) is 2.68. The maximum Gasteiger partial charge on any atom is 0.262 e. The van der Waals surface area contributed by atoms with E-state index in [2.05, 4.69) is 10.6 Å². The Morgan fingerprint density at radius 2 is 1.48 bits per heavy atom. The molecular weight excluding hydrogens is 388 g/mol. The molecule has 0 unspecified atom stereocenters. The fourth-order valence-corrected chi connectivity index (χ4v) is 2.79. The molecule has 0 aromatic heterocycles. The van der Waals surface area contributed by atoms with Gasteiger partial charge in [-0.15, -0.1) is 0 Å². The molecule has 0 saturated carbocycles. The number of benzene rings is 3. The molecule has 3 aromatic rings. The zero-order chi connectivity index (χ0) is 20.6. The molecule has 0 saturated heterocycles. The highest BCUT2D eigenvalue weighted by molar-refractivity contribution is 6.31. The molecule has 29 heavy (non-hydrogen) atoms. The van der Waals surface area contributed by atoms with Crippen LogP contribution < -0.4 is 15.4 Å². The molecule has 6 heteroatoms. The number of carbonyl (C=O) groups is 2. The van der Waals surface area contributed by atoms with Gasteiger partial charge in [0.2, 0.25) is 5.91 Å². The Bertz CT molecular complexity index is 989. The molecule has 0 heterocycles. The van der Waals surface area contributed by atoms with Crippen molar-refractivity contribution < 1.29 is 14.3 Å². The lowest BCUT2D eigenvalue weighted by molar-refractivity contribution is -0.118. The van der Waals surface area contributed by atoms with Crippen LogP contribution in [0.1, 0.15) is 11.1 Å². The number of carbonyl (C=O) groups excluding carboxylic acids is 2. The van der Waals surface area contributed by atoms with Crippen LogP contribution in [-0.2, 0) is 16.0 Å².